The van der Waals surface area contributed by atoms with Crippen LogP contribution in [-0.4, -0.2) is 49.3 Å². The molecule has 1 aliphatic heterocycles. The van der Waals surface area contributed by atoms with Gasteiger partial charge in [-0.1, -0.05) is 6.07 Å². The Bertz CT molecular complexity index is 771. The number of carbonyl (C=O) groups is 2. The maximum absolute atomic E-state index is 14.3. The highest BCUT2D eigenvalue weighted by Gasteiger charge is 2.21. The monoisotopic (exact) mass is 375 g/mol. The van der Waals surface area contributed by atoms with Crippen molar-refractivity contribution in [1.82, 2.24) is 10.2 Å². The normalized spacial score (nSPS) is 15.1. The Labute approximate surface area is 156 Å². The molecule has 5 nitrogen and oxygen atoms in total. The van der Waals surface area contributed by atoms with E-state index in [0.717, 1.165) is 4.88 Å². The fourth-order valence-electron chi connectivity index (χ4n) is 2.99. The van der Waals surface area contributed by atoms with E-state index in [1.165, 1.54) is 13.0 Å². The Morgan fingerprint density at radius 3 is 2.58 bits per heavy atom. The Kier molecular flexibility index (Phi) is 6.00. The van der Waals surface area contributed by atoms with Crippen molar-refractivity contribution in [1.29, 1.82) is 0 Å². The first-order chi connectivity index (χ1) is 12.5. The molecule has 0 aliphatic carbocycles. The Morgan fingerprint density at radius 1 is 1.19 bits per heavy atom. The lowest BCUT2D eigenvalue weighted by Gasteiger charge is -2.35. The summed E-state index contributed by atoms with van der Waals surface area (Å²) in [5.41, 5.74) is 0.893. The van der Waals surface area contributed by atoms with Gasteiger partial charge in [0.25, 0.3) is 0 Å². The summed E-state index contributed by atoms with van der Waals surface area (Å²) in [6.07, 6.45) is 0. The minimum Gasteiger partial charge on any atom is -0.367 e. The average molecular weight is 375 g/mol. The van der Waals surface area contributed by atoms with Crippen LogP contribution in [0, 0.1) is 5.82 Å². The quantitative estimate of drug-likeness (QED) is 0.789. The lowest BCUT2D eigenvalue weighted by Crippen LogP contribution is -2.49. The minimum absolute atomic E-state index is 0.00356. The number of anilines is 1. The van der Waals surface area contributed by atoms with Gasteiger partial charge in [0.1, 0.15) is 5.82 Å². The molecule has 7 heteroatoms. The van der Waals surface area contributed by atoms with E-state index in [1.54, 1.807) is 23.5 Å². The van der Waals surface area contributed by atoms with Crippen molar-refractivity contribution in [2.75, 3.05) is 37.6 Å². The summed E-state index contributed by atoms with van der Waals surface area (Å²) in [6.45, 7) is 5.02. The number of ketones is 1. The molecule has 0 atom stereocenters. The third-order valence-electron chi connectivity index (χ3n) is 4.47. The van der Waals surface area contributed by atoms with Gasteiger partial charge in [-0.3, -0.25) is 14.5 Å². The zero-order valence-corrected chi connectivity index (χ0v) is 15.5. The van der Waals surface area contributed by atoms with E-state index in [9.17, 15) is 14.0 Å². The molecule has 2 heterocycles. The molecular formula is C19H22FN3O2S. The molecule has 26 heavy (non-hydrogen) atoms. The Balaban J connectivity index is 1.48. The van der Waals surface area contributed by atoms with Crippen LogP contribution in [0.25, 0.3) is 0 Å². The topological polar surface area (TPSA) is 52.7 Å². The average Bonchev–Trinajstić information content (AvgIpc) is 3.14. The molecule has 0 spiro atoms. The fourth-order valence-corrected chi connectivity index (χ4v) is 3.63. The predicted octanol–water partition coefficient (Wildman–Crippen LogP) is 2.53. The van der Waals surface area contributed by atoms with Crippen LogP contribution in [0.4, 0.5) is 10.1 Å². The van der Waals surface area contributed by atoms with Crippen molar-refractivity contribution in [2.24, 2.45) is 0 Å². The second-order valence-electron chi connectivity index (χ2n) is 6.34. The standard InChI is InChI=1S/C19H22FN3O2S/c1-14(24)15-4-5-18(17(20)11-15)23-8-6-22(7-9-23)13-19(25)21-12-16-3-2-10-26-16/h2-5,10-11H,6-9,12-13H2,1H3,(H,21,25). The van der Waals surface area contributed by atoms with Crippen LogP contribution in [0.5, 0.6) is 0 Å². The number of nitrogens with one attached hydrogen (secondary N) is 1. The Morgan fingerprint density at radius 2 is 1.96 bits per heavy atom. The first-order valence-electron chi connectivity index (χ1n) is 8.60. The third-order valence-corrected chi connectivity index (χ3v) is 5.35. The largest absolute Gasteiger partial charge is 0.367 e. The van der Waals surface area contributed by atoms with Gasteiger partial charge in [-0.2, -0.15) is 0 Å². The van der Waals surface area contributed by atoms with Gasteiger partial charge in [0.15, 0.2) is 5.78 Å². The van der Waals surface area contributed by atoms with Crippen LogP contribution in [0.3, 0.4) is 0 Å². The first kappa shape index (κ1) is 18.5. The maximum Gasteiger partial charge on any atom is 0.234 e. The van der Waals surface area contributed by atoms with Gasteiger partial charge < -0.3 is 10.2 Å². The molecule has 1 N–H and O–H groups in total. The molecule has 2 aromatic rings. The van der Waals surface area contributed by atoms with Gasteiger partial charge in [0.2, 0.25) is 5.91 Å². The summed E-state index contributed by atoms with van der Waals surface area (Å²) >= 11 is 1.62. The molecule has 0 unspecified atom stereocenters. The van der Waals surface area contributed by atoms with E-state index >= 15 is 0 Å². The number of rotatable bonds is 6. The molecule has 138 valence electrons. The van der Waals surface area contributed by atoms with Crippen LogP contribution in [0.2, 0.25) is 0 Å². The van der Waals surface area contributed by atoms with Crippen LogP contribution in [-0.2, 0) is 11.3 Å². The highest BCUT2D eigenvalue weighted by atomic mass is 32.1. The number of nitrogens with zero attached hydrogens (tertiary/aromatic N) is 2. The number of benzene rings is 1. The number of amides is 1. The van der Waals surface area contributed by atoms with Gasteiger partial charge in [0, 0.05) is 36.6 Å². The van der Waals surface area contributed by atoms with Gasteiger partial charge in [0.05, 0.1) is 18.8 Å². The van der Waals surface area contributed by atoms with Gasteiger partial charge >= 0.3 is 0 Å². The van der Waals surface area contributed by atoms with E-state index in [4.69, 9.17) is 0 Å². The summed E-state index contributed by atoms with van der Waals surface area (Å²) in [4.78, 5) is 28.6. The van der Waals surface area contributed by atoms with Gasteiger partial charge in [-0.05, 0) is 36.6 Å². The maximum atomic E-state index is 14.3. The van der Waals surface area contributed by atoms with Crippen molar-refractivity contribution in [3.05, 3.63) is 52.0 Å². The van der Waals surface area contributed by atoms with Crippen LogP contribution >= 0.6 is 11.3 Å². The molecule has 0 bridgehead atoms. The molecule has 1 aromatic heterocycles. The number of thiophene rings is 1. The molecule has 1 aliphatic rings. The van der Waals surface area contributed by atoms with Crippen LogP contribution in [0.1, 0.15) is 22.2 Å². The zero-order valence-electron chi connectivity index (χ0n) is 14.7. The molecule has 0 radical (unpaired) electrons. The number of Topliss-reactive ketones (excluding diaryl/α,β-unsaturated/α-hetero) is 1. The second-order valence-corrected chi connectivity index (χ2v) is 7.37. The van der Waals surface area contributed by atoms with Crippen molar-refractivity contribution < 1.29 is 14.0 Å². The number of hydrogen-bond donors (Lipinski definition) is 1. The van der Waals surface area contributed by atoms with Crippen LogP contribution in [0.15, 0.2) is 35.7 Å². The lowest BCUT2D eigenvalue weighted by atomic mass is 10.1. The molecule has 1 saturated heterocycles. The predicted molar refractivity (Wildman–Crippen MR) is 101 cm³/mol. The smallest absolute Gasteiger partial charge is 0.234 e. The molecule has 3 rings (SSSR count). The van der Waals surface area contributed by atoms with Gasteiger partial charge in [-0.25, -0.2) is 4.39 Å². The van der Waals surface area contributed by atoms with Crippen molar-refractivity contribution >= 4 is 28.7 Å². The SMILES string of the molecule is CC(=O)c1ccc(N2CCN(CC(=O)NCc3cccs3)CC2)c(F)c1. The third kappa shape index (κ3) is 4.68. The van der Waals surface area contributed by atoms with E-state index < -0.39 is 0 Å². The first-order valence-corrected chi connectivity index (χ1v) is 9.48. The molecule has 1 fully saturated rings. The number of carbonyl (C=O) groups excluding carboxylic acids is 2. The number of halogens is 1. The summed E-state index contributed by atoms with van der Waals surface area (Å²) in [5.74, 6) is -0.516. The number of piperazine rings is 1. The summed E-state index contributed by atoms with van der Waals surface area (Å²) in [7, 11) is 0. The van der Waals surface area contributed by atoms with E-state index in [1.807, 2.05) is 22.4 Å². The fraction of sp³-hybridized carbons (Fsp3) is 0.368. The Hall–Kier alpha value is -2.25. The van der Waals surface area contributed by atoms with Crippen molar-refractivity contribution in [3.8, 4) is 0 Å². The second kappa shape index (κ2) is 8.42. The zero-order chi connectivity index (χ0) is 18.5. The molecule has 1 amide bonds. The van der Waals surface area contributed by atoms with Crippen molar-refractivity contribution in [3.63, 3.8) is 0 Å². The minimum atomic E-state index is -0.375. The molecular weight excluding hydrogens is 353 g/mol. The summed E-state index contributed by atoms with van der Waals surface area (Å²) in [5, 5.41) is 4.91. The highest BCUT2D eigenvalue weighted by molar-refractivity contribution is 7.09. The lowest BCUT2D eigenvalue weighted by molar-refractivity contribution is -0.122. The molecule has 0 saturated carbocycles. The van der Waals surface area contributed by atoms with E-state index in [2.05, 4.69) is 10.2 Å². The number of hydrogen-bond acceptors (Lipinski definition) is 5. The molecule has 1 aromatic carbocycles. The van der Waals surface area contributed by atoms with E-state index in [0.29, 0.717) is 50.5 Å². The van der Waals surface area contributed by atoms with Crippen molar-refractivity contribution in [2.45, 2.75) is 13.5 Å². The van der Waals surface area contributed by atoms with E-state index in [-0.39, 0.29) is 17.5 Å². The van der Waals surface area contributed by atoms with Gasteiger partial charge in [-0.15, -0.1) is 11.3 Å². The summed E-state index contributed by atoms with van der Waals surface area (Å²) in [6, 6.07) is 8.58. The highest BCUT2D eigenvalue weighted by Crippen LogP contribution is 2.22. The summed E-state index contributed by atoms with van der Waals surface area (Å²) < 4.78 is 14.3. The van der Waals surface area contributed by atoms with Crippen LogP contribution < -0.4 is 10.2 Å².